The van der Waals surface area contributed by atoms with Crippen molar-refractivity contribution in [1.29, 1.82) is 0 Å². The van der Waals surface area contributed by atoms with Crippen molar-refractivity contribution >= 4 is 0 Å². The van der Waals surface area contributed by atoms with E-state index in [0.717, 1.165) is 31.7 Å². The smallest absolute Gasteiger partial charge is 0.124 e. The molecule has 0 atom stereocenters. The molecule has 0 radical (unpaired) electrons. The molecule has 1 aromatic carbocycles. The Hall–Kier alpha value is -1.06. The summed E-state index contributed by atoms with van der Waals surface area (Å²) < 4.78 is 5.82. The Kier molecular flexibility index (Phi) is 7.03. The maximum Gasteiger partial charge on any atom is 0.124 e. The maximum absolute atomic E-state index is 9.58. The summed E-state index contributed by atoms with van der Waals surface area (Å²) in [6, 6.07) is 8.12. The van der Waals surface area contributed by atoms with Crippen LogP contribution in [0.3, 0.4) is 0 Å². The molecule has 114 valence electrons. The van der Waals surface area contributed by atoms with Gasteiger partial charge in [0, 0.05) is 30.7 Å². The van der Waals surface area contributed by atoms with Gasteiger partial charge in [0.25, 0.3) is 0 Å². The van der Waals surface area contributed by atoms with E-state index in [1.54, 1.807) is 0 Å². The molecule has 3 heteroatoms. The number of rotatable bonds is 9. The Bertz CT molecular complexity index is 378. The molecule has 0 saturated heterocycles. The Morgan fingerprint density at radius 2 is 1.85 bits per heavy atom. The zero-order chi connectivity index (χ0) is 15.0. The van der Waals surface area contributed by atoms with E-state index < -0.39 is 0 Å². The van der Waals surface area contributed by atoms with Crippen molar-refractivity contribution in [3.05, 3.63) is 29.8 Å². The number of nitrogens with one attached hydrogen (secondary N) is 1. The van der Waals surface area contributed by atoms with E-state index in [9.17, 15) is 5.11 Å². The van der Waals surface area contributed by atoms with E-state index in [0.29, 0.717) is 0 Å². The van der Waals surface area contributed by atoms with Crippen molar-refractivity contribution in [2.24, 2.45) is 5.41 Å². The van der Waals surface area contributed by atoms with Crippen LogP contribution in [0.4, 0.5) is 0 Å². The van der Waals surface area contributed by atoms with Crippen LogP contribution in [-0.2, 0) is 6.54 Å². The van der Waals surface area contributed by atoms with Crippen molar-refractivity contribution in [3.8, 4) is 5.75 Å². The van der Waals surface area contributed by atoms with Crippen molar-refractivity contribution in [3.63, 3.8) is 0 Å². The predicted molar refractivity (Wildman–Crippen MR) is 84.0 cm³/mol. The van der Waals surface area contributed by atoms with Gasteiger partial charge in [-0.15, -0.1) is 0 Å². The molecule has 1 aromatic rings. The summed E-state index contributed by atoms with van der Waals surface area (Å²) in [5, 5.41) is 13.1. The van der Waals surface area contributed by atoms with Crippen LogP contribution < -0.4 is 10.1 Å². The topological polar surface area (TPSA) is 41.5 Å². The molecule has 0 unspecified atom stereocenters. The second-order valence-corrected chi connectivity index (χ2v) is 5.74. The van der Waals surface area contributed by atoms with E-state index in [-0.39, 0.29) is 18.1 Å². The van der Waals surface area contributed by atoms with Gasteiger partial charge in [-0.1, -0.05) is 32.0 Å². The average Bonchev–Trinajstić information content (AvgIpc) is 2.45. The summed E-state index contributed by atoms with van der Waals surface area (Å²) in [7, 11) is 0. The molecule has 0 aliphatic rings. The quantitative estimate of drug-likeness (QED) is 0.728. The zero-order valence-electron chi connectivity index (χ0n) is 13.3. The third kappa shape index (κ3) is 4.80. The first-order chi connectivity index (χ1) is 9.56. The normalized spacial score (nSPS) is 11.9. The molecule has 0 aliphatic carbocycles. The van der Waals surface area contributed by atoms with Crippen molar-refractivity contribution in [1.82, 2.24) is 5.32 Å². The van der Waals surface area contributed by atoms with Gasteiger partial charge < -0.3 is 15.2 Å². The predicted octanol–water partition coefficient (Wildman–Crippen LogP) is 3.36. The van der Waals surface area contributed by atoms with E-state index in [2.05, 4.69) is 25.2 Å². The third-order valence-electron chi connectivity index (χ3n) is 3.99. The number of benzene rings is 1. The molecule has 3 nitrogen and oxygen atoms in total. The van der Waals surface area contributed by atoms with Gasteiger partial charge in [-0.3, -0.25) is 0 Å². The third-order valence-corrected chi connectivity index (χ3v) is 3.99. The number of ether oxygens (including phenoxy) is 1. The number of aliphatic hydroxyl groups excluding tert-OH is 1. The molecule has 0 saturated carbocycles. The first-order valence-corrected chi connectivity index (χ1v) is 7.63. The number of hydrogen-bond acceptors (Lipinski definition) is 3. The number of aliphatic hydroxyl groups is 1. The lowest BCUT2D eigenvalue weighted by Gasteiger charge is -2.29. The van der Waals surface area contributed by atoms with Gasteiger partial charge in [0.05, 0.1) is 6.10 Å². The van der Waals surface area contributed by atoms with Crippen LogP contribution in [0.5, 0.6) is 5.75 Å². The minimum atomic E-state index is -0.00610. The van der Waals surface area contributed by atoms with E-state index in [4.69, 9.17) is 4.74 Å². The van der Waals surface area contributed by atoms with Gasteiger partial charge in [-0.05, 0) is 32.8 Å². The first kappa shape index (κ1) is 17.0. The lowest BCUT2D eigenvalue weighted by atomic mass is 9.83. The molecule has 0 aromatic heterocycles. The lowest BCUT2D eigenvalue weighted by Crippen LogP contribution is -2.36. The van der Waals surface area contributed by atoms with Crippen LogP contribution in [0.15, 0.2) is 24.3 Å². The van der Waals surface area contributed by atoms with Crippen molar-refractivity contribution < 1.29 is 9.84 Å². The molecule has 0 spiro atoms. The monoisotopic (exact) mass is 279 g/mol. The highest BCUT2D eigenvalue weighted by Crippen LogP contribution is 2.25. The van der Waals surface area contributed by atoms with Crippen LogP contribution in [0.1, 0.15) is 46.1 Å². The van der Waals surface area contributed by atoms with Crippen molar-refractivity contribution in [2.75, 3.05) is 13.2 Å². The van der Waals surface area contributed by atoms with Crippen LogP contribution >= 0.6 is 0 Å². The molecule has 0 aliphatic heterocycles. The molecular weight excluding hydrogens is 250 g/mol. The standard InChI is InChI=1S/C17H29NO2/c1-5-17(6-2,13-19)12-18-11-15-9-7-8-10-16(15)20-14(3)4/h7-10,14,18-19H,5-6,11-13H2,1-4H3. The molecule has 0 heterocycles. The summed E-state index contributed by atoms with van der Waals surface area (Å²) in [4.78, 5) is 0. The Labute approximate surface area is 123 Å². The minimum Gasteiger partial charge on any atom is -0.491 e. The molecule has 0 amide bonds. The molecule has 20 heavy (non-hydrogen) atoms. The lowest BCUT2D eigenvalue weighted by molar-refractivity contribution is 0.113. The van der Waals surface area contributed by atoms with Crippen LogP contribution in [0, 0.1) is 5.41 Å². The second-order valence-electron chi connectivity index (χ2n) is 5.74. The first-order valence-electron chi connectivity index (χ1n) is 7.63. The highest BCUT2D eigenvalue weighted by Gasteiger charge is 2.24. The largest absolute Gasteiger partial charge is 0.491 e. The molecule has 1 rings (SSSR count). The van der Waals surface area contributed by atoms with Crippen molar-refractivity contribution in [2.45, 2.75) is 53.2 Å². The fourth-order valence-electron chi connectivity index (χ4n) is 2.26. The summed E-state index contributed by atoms with van der Waals surface area (Å²) in [5.41, 5.74) is 1.16. The molecule has 0 bridgehead atoms. The Morgan fingerprint density at radius 1 is 1.20 bits per heavy atom. The van der Waals surface area contributed by atoms with Crippen LogP contribution in [-0.4, -0.2) is 24.4 Å². The molecular formula is C17H29NO2. The van der Waals surface area contributed by atoms with Gasteiger partial charge in [0.15, 0.2) is 0 Å². The number of hydrogen-bond donors (Lipinski definition) is 2. The van der Waals surface area contributed by atoms with Gasteiger partial charge in [-0.25, -0.2) is 0 Å². The summed E-state index contributed by atoms with van der Waals surface area (Å²) in [6.07, 6.45) is 2.15. The van der Waals surface area contributed by atoms with E-state index in [1.807, 2.05) is 32.0 Å². The summed E-state index contributed by atoms with van der Waals surface area (Å²) in [6.45, 7) is 10.2. The summed E-state index contributed by atoms with van der Waals surface area (Å²) in [5.74, 6) is 0.942. The van der Waals surface area contributed by atoms with Gasteiger partial charge >= 0.3 is 0 Å². The van der Waals surface area contributed by atoms with Gasteiger partial charge in [0.2, 0.25) is 0 Å². The summed E-state index contributed by atoms with van der Waals surface area (Å²) >= 11 is 0. The molecule has 0 fully saturated rings. The minimum absolute atomic E-state index is 0.00610. The van der Waals surface area contributed by atoms with E-state index >= 15 is 0 Å². The fraction of sp³-hybridized carbons (Fsp3) is 0.647. The SMILES string of the molecule is CCC(CC)(CO)CNCc1ccccc1OC(C)C. The number of para-hydroxylation sites is 1. The molecule has 2 N–H and O–H groups in total. The maximum atomic E-state index is 9.58. The zero-order valence-corrected chi connectivity index (χ0v) is 13.3. The van der Waals surface area contributed by atoms with E-state index in [1.165, 1.54) is 5.56 Å². The van der Waals surface area contributed by atoms with Gasteiger partial charge in [0.1, 0.15) is 5.75 Å². The average molecular weight is 279 g/mol. The Balaban J connectivity index is 2.61. The highest BCUT2D eigenvalue weighted by atomic mass is 16.5. The fourth-order valence-corrected chi connectivity index (χ4v) is 2.26. The van der Waals surface area contributed by atoms with Gasteiger partial charge in [-0.2, -0.15) is 0 Å². The highest BCUT2D eigenvalue weighted by molar-refractivity contribution is 5.33. The second kappa shape index (κ2) is 8.28. The van der Waals surface area contributed by atoms with Crippen LogP contribution in [0.2, 0.25) is 0 Å². The van der Waals surface area contributed by atoms with Crippen LogP contribution in [0.25, 0.3) is 0 Å². The Morgan fingerprint density at radius 3 is 2.40 bits per heavy atom.